The zero-order valence-corrected chi connectivity index (χ0v) is 10.3. The second-order valence-electron chi connectivity index (χ2n) is 3.83. The van der Waals surface area contributed by atoms with E-state index in [1.54, 1.807) is 24.3 Å². The third-order valence-corrected chi connectivity index (χ3v) is 2.36. The van der Waals surface area contributed by atoms with Crippen LogP contribution in [0.1, 0.15) is 11.3 Å². The van der Waals surface area contributed by atoms with Crippen molar-refractivity contribution >= 4 is 11.6 Å². The second kappa shape index (κ2) is 5.80. The molecular formula is C13H12N4O2. The van der Waals surface area contributed by atoms with E-state index in [0.717, 1.165) is 5.69 Å². The first kappa shape index (κ1) is 12.8. The Morgan fingerprint density at radius 2 is 2.16 bits per heavy atom. The summed E-state index contributed by atoms with van der Waals surface area (Å²) >= 11 is 0. The fourth-order valence-electron chi connectivity index (χ4n) is 1.55. The fourth-order valence-corrected chi connectivity index (χ4v) is 1.55. The number of ether oxygens (including phenoxy) is 1. The van der Waals surface area contributed by atoms with E-state index in [4.69, 9.17) is 10.00 Å². The Kier molecular flexibility index (Phi) is 3.90. The first-order chi connectivity index (χ1) is 9.21. The van der Waals surface area contributed by atoms with Gasteiger partial charge in [0.2, 0.25) is 5.95 Å². The number of methoxy groups -OCH3 is 1. The molecule has 0 aliphatic carbocycles. The molecule has 1 aromatic heterocycles. The molecule has 0 unspecified atom stereocenters. The lowest BCUT2D eigenvalue weighted by Gasteiger charge is -2.06. The van der Waals surface area contributed by atoms with Gasteiger partial charge in [0, 0.05) is 18.9 Å². The van der Waals surface area contributed by atoms with Crippen LogP contribution >= 0.6 is 0 Å². The summed E-state index contributed by atoms with van der Waals surface area (Å²) in [5, 5.41) is 11.7. The van der Waals surface area contributed by atoms with Crippen molar-refractivity contribution in [2.75, 3.05) is 12.4 Å². The van der Waals surface area contributed by atoms with Crippen LogP contribution in [0, 0.1) is 11.3 Å². The van der Waals surface area contributed by atoms with Crippen LogP contribution in [0.5, 0.6) is 0 Å². The Balaban J connectivity index is 2.22. The van der Waals surface area contributed by atoms with Crippen LogP contribution in [-0.2, 0) is 11.3 Å². The zero-order chi connectivity index (χ0) is 13.7. The first-order valence-corrected chi connectivity index (χ1v) is 5.57. The summed E-state index contributed by atoms with van der Waals surface area (Å²) in [6, 6.07) is 10.3. The zero-order valence-electron chi connectivity index (χ0n) is 10.3. The molecule has 1 aromatic carbocycles. The Bertz CT molecular complexity index is 656. The van der Waals surface area contributed by atoms with Crippen LogP contribution in [0.4, 0.5) is 11.6 Å². The number of rotatable bonds is 4. The molecule has 6 nitrogen and oxygen atoms in total. The minimum atomic E-state index is -0.252. The molecule has 19 heavy (non-hydrogen) atoms. The molecule has 0 aliphatic heterocycles. The van der Waals surface area contributed by atoms with Gasteiger partial charge in [0.25, 0.3) is 5.56 Å². The van der Waals surface area contributed by atoms with E-state index < -0.39 is 0 Å². The van der Waals surface area contributed by atoms with Gasteiger partial charge in [-0.05, 0) is 24.3 Å². The van der Waals surface area contributed by atoms with Crippen molar-refractivity contribution < 1.29 is 4.74 Å². The lowest BCUT2D eigenvalue weighted by molar-refractivity contribution is 0.181. The molecule has 0 saturated heterocycles. The largest absolute Gasteiger partial charge is 0.378 e. The molecule has 0 atom stereocenters. The van der Waals surface area contributed by atoms with Crippen LogP contribution < -0.4 is 10.9 Å². The lowest BCUT2D eigenvalue weighted by atomic mass is 10.2. The molecule has 0 bridgehead atoms. The number of hydrogen-bond donors (Lipinski definition) is 2. The molecule has 6 heteroatoms. The monoisotopic (exact) mass is 256 g/mol. The van der Waals surface area contributed by atoms with Crippen molar-refractivity contribution in [3.8, 4) is 6.07 Å². The van der Waals surface area contributed by atoms with E-state index in [2.05, 4.69) is 15.3 Å². The van der Waals surface area contributed by atoms with Gasteiger partial charge in [-0.1, -0.05) is 0 Å². The number of nitriles is 1. The van der Waals surface area contributed by atoms with Crippen molar-refractivity contribution in [1.82, 2.24) is 9.97 Å². The predicted molar refractivity (Wildman–Crippen MR) is 70.0 cm³/mol. The summed E-state index contributed by atoms with van der Waals surface area (Å²) in [5.41, 5.74) is 1.59. The van der Waals surface area contributed by atoms with Crippen molar-refractivity contribution in [1.29, 1.82) is 5.26 Å². The van der Waals surface area contributed by atoms with Gasteiger partial charge in [-0.2, -0.15) is 5.26 Å². The molecule has 0 fully saturated rings. The summed E-state index contributed by atoms with van der Waals surface area (Å²) in [5.74, 6) is 0.337. The molecule has 2 N–H and O–H groups in total. The third-order valence-electron chi connectivity index (χ3n) is 2.36. The normalized spacial score (nSPS) is 9.89. The third kappa shape index (κ3) is 3.40. The SMILES string of the molecule is COCc1cc(=O)[nH]c(Nc2ccc(C#N)cc2)n1. The van der Waals surface area contributed by atoms with Crippen molar-refractivity contribution in [2.24, 2.45) is 0 Å². The van der Waals surface area contributed by atoms with E-state index >= 15 is 0 Å². The van der Waals surface area contributed by atoms with Gasteiger partial charge in [0.05, 0.1) is 23.9 Å². The van der Waals surface area contributed by atoms with Gasteiger partial charge in [0.15, 0.2) is 0 Å². The maximum atomic E-state index is 11.4. The van der Waals surface area contributed by atoms with Crippen LogP contribution in [0.25, 0.3) is 0 Å². The maximum Gasteiger partial charge on any atom is 0.252 e. The predicted octanol–water partition coefficient (Wildman–Crippen LogP) is 1.53. The highest BCUT2D eigenvalue weighted by Gasteiger charge is 2.02. The Morgan fingerprint density at radius 3 is 2.79 bits per heavy atom. The number of nitrogens with zero attached hydrogens (tertiary/aromatic N) is 2. The summed E-state index contributed by atoms with van der Waals surface area (Å²) in [6.45, 7) is 0.270. The average molecular weight is 256 g/mol. The topological polar surface area (TPSA) is 90.8 Å². The van der Waals surface area contributed by atoms with Gasteiger partial charge in [-0.15, -0.1) is 0 Å². The van der Waals surface area contributed by atoms with E-state index in [-0.39, 0.29) is 12.2 Å². The van der Waals surface area contributed by atoms with Gasteiger partial charge in [-0.25, -0.2) is 4.98 Å². The van der Waals surface area contributed by atoms with E-state index in [1.165, 1.54) is 13.2 Å². The van der Waals surface area contributed by atoms with Crippen LogP contribution in [0.2, 0.25) is 0 Å². The van der Waals surface area contributed by atoms with E-state index in [9.17, 15) is 4.79 Å². The van der Waals surface area contributed by atoms with Crippen LogP contribution in [0.3, 0.4) is 0 Å². The quantitative estimate of drug-likeness (QED) is 0.865. The standard InChI is InChI=1S/C13H12N4O2/c1-19-8-11-6-12(18)17-13(16-11)15-10-4-2-9(7-14)3-5-10/h2-6H,8H2,1H3,(H2,15,16,17,18). The van der Waals surface area contributed by atoms with Gasteiger partial charge in [-0.3, -0.25) is 9.78 Å². The molecule has 0 spiro atoms. The number of hydrogen-bond acceptors (Lipinski definition) is 5. The average Bonchev–Trinajstić information content (AvgIpc) is 2.39. The minimum absolute atomic E-state index is 0.252. The molecule has 2 aromatic rings. The summed E-state index contributed by atoms with van der Waals surface area (Å²) in [6.07, 6.45) is 0. The summed E-state index contributed by atoms with van der Waals surface area (Å²) in [4.78, 5) is 18.2. The van der Waals surface area contributed by atoms with Gasteiger partial charge >= 0.3 is 0 Å². The Hall–Kier alpha value is -2.65. The van der Waals surface area contributed by atoms with Crippen molar-refractivity contribution in [2.45, 2.75) is 6.61 Å². The van der Waals surface area contributed by atoms with Crippen LogP contribution in [-0.4, -0.2) is 17.1 Å². The van der Waals surface area contributed by atoms with Crippen molar-refractivity contribution in [3.63, 3.8) is 0 Å². The van der Waals surface area contributed by atoms with Gasteiger partial charge in [0.1, 0.15) is 0 Å². The first-order valence-electron chi connectivity index (χ1n) is 5.57. The Labute approximate surface area is 109 Å². The number of aromatic nitrogens is 2. The number of anilines is 2. The van der Waals surface area contributed by atoms with Crippen molar-refractivity contribution in [3.05, 3.63) is 51.9 Å². The highest BCUT2D eigenvalue weighted by atomic mass is 16.5. The number of nitrogens with one attached hydrogen (secondary N) is 2. The number of benzene rings is 1. The molecule has 0 radical (unpaired) electrons. The Morgan fingerprint density at radius 1 is 1.42 bits per heavy atom. The smallest absolute Gasteiger partial charge is 0.252 e. The fraction of sp³-hybridized carbons (Fsp3) is 0.154. The van der Waals surface area contributed by atoms with Crippen LogP contribution in [0.15, 0.2) is 35.1 Å². The molecule has 0 aliphatic rings. The molecule has 96 valence electrons. The van der Waals surface area contributed by atoms with Gasteiger partial charge < -0.3 is 10.1 Å². The maximum absolute atomic E-state index is 11.4. The number of aromatic amines is 1. The molecule has 2 rings (SSSR count). The molecule has 0 saturated carbocycles. The lowest BCUT2D eigenvalue weighted by Crippen LogP contribution is -2.12. The van der Waals surface area contributed by atoms with E-state index in [0.29, 0.717) is 17.2 Å². The highest BCUT2D eigenvalue weighted by molar-refractivity contribution is 5.54. The second-order valence-corrected chi connectivity index (χ2v) is 3.83. The molecule has 1 heterocycles. The summed E-state index contributed by atoms with van der Waals surface area (Å²) in [7, 11) is 1.54. The molecular weight excluding hydrogens is 244 g/mol. The summed E-state index contributed by atoms with van der Waals surface area (Å²) < 4.78 is 4.94. The van der Waals surface area contributed by atoms with E-state index in [1.807, 2.05) is 6.07 Å². The molecule has 0 amide bonds. The highest BCUT2D eigenvalue weighted by Crippen LogP contribution is 2.13. The minimum Gasteiger partial charge on any atom is -0.378 e. The number of H-pyrrole nitrogens is 1.